The van der Waals surface area contributed by atoms with Crippen LogP contribution < -0.4 is 5.32 Å². The Morgan fingerprint density at radius 3 is 2.23 bits per heavy atom. The van der Waals surface area contributed by atoms with Crippen molar-refractivity contribution in [2.75, 3.05) is 47.0 Å². The smallest absolute Gasteiger partial charge is 0.0598 e. The van der Waals surface area contributed by atoms with Gasteiger partial charge in [0.05, 0.1) is 5.60 Å². The molecule has 2 aliphatic rings. The summed E-state index contributed by atoms with van der Waals surface area (Å²) in [6, 6.07) is 0.838. The van der Waals surface area contributed by atoms with Crippen LogP contribution in [-0.2, 0) is 9.47 Å². The summed E-state index contributed by atoms with van der Waals surface area (Å²) in [5.41, 5.74) is 0.0356. The molecule has 2 fully saturated rings. The van der Waals surface area contributed by atoms with Crippen molar-refractivity contribution in [2.24, 2.45) is 5.92 Å². The molecule has 1 N–H and O–H groups in total. The van der Waals surface area contributed by atoms with Gasteiger partial charge >= 0.3 is 0 Å². The number of nitrogens with one attached hydrogen (secondary N) is 1. The van der Waals surface area contributed by atoms with Crippen molar-refractivity contribution in [1.29, 1.82) is 0 Å². The topological polar surface area (TPSA) is 33.7 Å². The van der Waals surface area contributed by atoms with Crippen LogP contribution in [0.25, 0.3) is 0 Å². The normalized spacial score (nSPS) is 23.2. The second kappa shape index (κ2) is 15.9. The highest BCUT2D eigenvalue weighted by Gasteiger charge is 2.19. The summed E-state index contributed by atoms with van der Waals surface area (Å²) in [5, 5.41) is 3.39. The predicted octanol–water partition coefficient (Wildman–Crippen LogP) is 4.72. The first kappa shape index (κ1) is 25.8. The number of nitrogens with zero attached hydrogens (tertiary/aromatic N) is 1. The average molecular weight is 373 g/mol. The molecule has 0 bridgehead atoms. The maximum Gasteiger partial charge on any atom is 0.0598 e. The summed E-state index contributed by atoms with van der Waals surface area (Å²) in [4.78, 5) is 2.47. The largest absolute Gasteiger partial charge is 0.385 e. The lowest BCUT2D eigenvalue weighted by molar-refractivity contribution is -0.00568. The van der Waals surface area contributed by atoms with Crippen LogP contribution in [0.4, 0.5) is 0 Å². The molecular formula is C22H48N2O2. The van der Waals surface area contributed by atoms with Gasteiger partial charge < -0.3 is 19.7 Å². The van der Waals surface area contributed by atoms with Crippen LogP contribution in [0.15, 0.2) is 0 Å². The zero-order chi connectivity index (χ0) is 19.8. The van der Waals surface area contributed by atoms with Crippen LogP contribution in [0.1, 0.15) is 79.6 Å². The number of ether oxygens (including phenoxy) is 2. The molecule has 158 valence electrons. The van der Waals surface area contributed by atoms with E-state index in [9.17, 15) is 0 Å². The maximum absolute atomic E-state index is 5.67. The molecule has 0 aromatic rings. The Kier molecular flexibility index (Phi) is 15.8. The van der Waals surface area contributed by atoms with E-state index in [0.29, 0.717) is 0 Å². The molecule has 4 heteroatoms. The van der Waals surface area contributed by atoms with Crippen LogP contribution in [0.2, 0.25) is 0 Å². The van der Waals surface area contributed by atoms with E-state index < -0.39 is 0 Å². The number of hydrogen-bond donors (Lipinski definition) is 1. The zero-order valence-corrected chi connectivity index (χ0v) is 18.9. The molecule has 1 unspecified atom stereocenters. The highest BCUT2D eigenvalue weighted by molar-refractivity contribution is 4.75. The first-order valence-electron chi connectivity index (χ1n) is 11.0. The van der Waals surface area contributed by atoms with Gasteiger partial charge in [0.15, 0.2) is 0 Å². The lowest BCUT2D eigenvalue weighted by atomic mass is 10.0. The fourth-order valence-electron chi connectivity index (χ4n) is 3.52. The third-order valence-electron chi connectivity index (χ3n) is 5.01. The summed E-state index contributed by atoms with van der Waals surface area (Å²) < 4.78 is 10.7. The Bertz CT molecular complexity index is 299. The second-order valence-corrected chi connectivity index (χ2v) is 8.37. The van der Waals surface area contributed by atoms with Crippen LogP contribution >= 0.6 is 0 Å². The summed E-state index contributed by atoms with van der Waals surface area (Å²) in [6.45, 7) is 15.9. The van der Waals surface area contributed by atoms with Gasteiger partial charge in [-0.25, -0.2) is 0 Å². The van der Waals surface area contributed by atoms with Gasteiger partial charge in [-0.2, -0.15) is 0 Å². The second-order valence-electron chi connectivity index (χ2n) is 8.37. The average Bonchev–Trinajstić information content (AvgIpc) is 3.26. The minimum atomic E-state index is 0.0356. The van der Waals surface area contributed by atoms with E-state index in [1.807, 2.05) is 13.8 Å². The molecule has 0 amide bonds. The van der Waals surface area contributed by atoms with Crippen molar-refractivity contribution in [3.05, 3.63) is 0 Å². The van der Waals surface area contributed by atoms with Gasteiger partial charge in [0.2, 0.25) is 0 Å². The Hall–Kier alpha value is -0.160. The molecular weight excluding hydrogens is 324 g/mol. The molecule has 2 heterocycles. The summed E-state index contributed by atoms with van der Waals surface area (Å²) in [6.07, 6.45) is 9.19. The molecule has 0 aromatic carbocycles. The molecule has 0 radical (unpaired) electrons. The quantitative estimate of drug-likeness (QED) is 0.625. The van der Waals surface area contributed by atoms with Gasteiger partial charge in [-0.05, 0) is 98.3 Å². The van der Waals surface area contributed by atoms with E-state index >= 15 is 0 Å². The Morgan fingerprint density at radius 2 is 1.73 bits per heavy atom. The van der Waals surface area contributed by atoms with Gasteiger partial charge in [-0.3, -0.25) is 0 Å². The minimum absolute atomic E-state index is 0.0356. The molecule has 4 nitrogen and oxygen atoms in total. The Morgan fingerprint density at radius 1 is 1.04 bits per heavy atom. The number of methoxy groups -OCH3 is 1. The van der Waals surface area contributed by atoms with E-state index in [-0.39, 0.29) is 5.60 Å². The van der Waals surface area contributed by atoms with E-state index in [1.54, 1.807) is 7.11 Å². The summed E-state index contributed by atoms with van der Waals surface area (Å²) >= 11 is 0. The van der Waals surface area contributed by atoms with E-state index in [4.69, 9.17) is 9.47 Å². The fourth-order valence-corrected chi connectivity index (χ4v) is 3.52. The molecule has 0 saturated carbocycles. The van der Waals surface area contributed by atoms with Crippen molar-refractivity contribution >= 4 is 0 Å². The molecule has 2 saturated heterocycles. The van der Waals surface area contributed by atoms with Crippen molar-refractivity contribution < 1.29 is 9.47 Å². The van der Waals surface area contributed by atoms with Gasteiger partial charge in [-0.1, -0.05) is 13.8 Å². The van der Waals surface area contributed by atoms with Crippen LogP contribution in [0.5, 0.6) is 0 Å². The first-order valence-corrected chi connectivity index (χ1v) is 11.0. The number of likely N-dealkylation sites (tertiary alicyclic amines) is 1. The first-order chi connectivity index (χ1) is 12.4. The van der Waals surface area contributed by atoms with Crippen molar-refractivity contribution in [3.8, 4) is 0 Å². The summed E-state index contributed by atoms with van der Waals surface area (Å²) in [5.74, 6) is 0.906. The highest BCUT2D eigenvalue weighted by Crippen LogP contribution is 2.18. The van der Waals surface area contributed by atoms with Crippen LogP contribution in [-0.4, -0.2) is 63.5 Å². The van der Waals surface area contributed by atoms with E-state index in [1.165, 1.54) is 64.6 Å². The highest BCUT2D eigenvalue weighted by atomic mass is 16.5. The fraction of sp³-hybridized carbons (Fsp3) is 1.00. The lowest BCUT2D eigenvalue weighted by Gasteiger charge is -2.19. The monoisotopic (exact) mass is 372 g/mol. The minimum Gasteiger partial charge on any atom is -0.385 e. The van der Waals surface area contributed by atoms with E-state index in [2.05, 4.69) is 38.0 Å². The molecule has 0 aliphatic carbocycles. The molecule has 0 aromatic heterocycles. The van der Waals surface area contributed by atoms with Crippen LogP contribution in [0.3, 0.4) is 0 Å². The third-order valence-corrected chi connectivity index (χ3v) is 5.01. The van der Waals surface area contributed by atoms with Gasteiger partial charge in [-0.15, -0.1) is 0 Å². The number of rotatable bonds is 8. The molecule has 0 spiro atoms. The number of hydrogen-bond acceptors (Lipinski definition) is 4. The van der Waals surface area contributed by atoms with Crippen molar-refractivity contribution in [2.45, 2.75) is 91.2 Å². The Labute approximate surface area is 164 Å². The SMILES string of the molecule is CC.CC(C)(C)OCCC[C@H]1CCNC1.COCCCC1CCCN1C. The Balaban J connectivity index is 0.000000444. The molecule has 26 heavy (non-hydrogen) atoms. The summed E-state index contributed by atoms with van der Waals surface area (Å²) in [7, 11) is 4.00. The van der Waals surface area contributed by atoms with E-state index in [0.717, 1.165) is 25.2 Å². The molecule has 2 rings (SSSR count). The van der Waals surface area contributed by atoms with Gasteiger partial charge in [0.1, 0.15) is 0 Å². The standard InChI is InChI=1S/C11H23NO.C9H19NO.C2H6/c1-11(2,3)13-8-4-5-10-6-7-12-9-10;1-10-7-3-5-9(10)6-4-8-11-2;1-2/h10,12H,4-9H2,1-3H3;9H,3-8H2,1-2H3;1-2H3/t10-;;/m0../s1. The maximum atomic E-state index is 5.67. The third kappa shape index (κ3) is 14.0. The molecule has 2 aliphatic heterocycles. The lowest BCUT2D eigenvalue weighted by Crippen LogP contribution is -2.24. The zero-order valence-electron chi connectivity index (χ0n) is 18.9. The molecule has 2 atom stereocenters. The van der Waals surface area contributed by atoms with Gasteiger partial charge in [0.25, 0.3) is 0 Å². The van der Waals surface area contributed by atoms with Crippen molar-refractivity contribution in [1.82, 2.24) is 10.2 Å². The van der Waals surface area contributed by atoms with Crippen LogP contribution in [0, 0.1) is 5.92 Å². The predicted molar refractivity (Wildman–Crippen MR) is 114 cm³/mol. The van der Waals surface area contributed by atoms with Crippen molar-refractivity contribution in [3.63, 3.8) is 0 Å². The van der Waals surface area contributed by atoms with Gasteiger partial charge in [0, 0.05) is 26.4 Å².